The first-order chi connectivity index (χ1) is 16.4. The van der Waals surface area contributed by atoms with E-state index in [0.717, 1.165) is 12.1 Å². The Labute approximate surface area is 196 Å². The highest BCUT2D eigenvalue weighted by molar-refractivity contribution is 6.22. The molecule has 2 aromatic carbocycles. The van der Waals surface area contributed by atoms with Gasteiger partial charge in [-0.3, -0.25) is 14.4 Å². The number of aromatic hydroxyl groups is 1. The second kappa shape index (κ2) is 7.47. The average molecular weight is 483 g/mol. The molecule has 0 aliphatic heterocycles. The number of amides is 1. The standard InChI is InChI=1S/C25H19F2NO7/c26-12-4-9(5-13(27)8-12)14-1-2-16(29)19-15(14)6-10-3-11-7-17(30)20(24(28)34)23(33)25(11,35)22(32)18(10)21(19)31/h1-2,4-5,8,10-11,29,31,33,35H,3,6-7H2,(H2,28,34)/t10-,11+,25+/m1/s1. The number of phenolic OH excluding ortho intramolecular Hbond substituents is 1. The molecular weight excluding hydrogens is 464 g/mol. The van der Waals surface area contributed by atoms with Gasteiger partial charge in [0.2, 0.25) is 5.78 Å². The molecule has 0 spiro atoms. The number of carbonyl (C=O) groups is 3. The van der Waals surface area contributed by atoms with Crippen LogP contribution in [0.4, 0.5) is 8.78 Å². The van der Waals surface area contributed by atoms with Gasteiger partial charge in [-0.1, -0.05) is 6.07 Å². The monoisotopic (exact) mass is 483 g/mol. The number of carbonyl (C=O) groups excluding carboxylic acids is 3. The van der Waals surface area contributed by atoms with Crippen molar-refractivity contribution >= 4 is 23.2 Å². The summed E-state index contributed by atoms with van der Waals surface area (Å²) in [6.45, 7) is 0. The number of hydrogen-bond acceptors (Lipinski definition) is 7. The second-order valence-electron chi connectivity index (χ2n) is 9.05. The third-order valence-corrected chi connectivity index (χ3v) is 7.12. The van der Waals surface area contributed by atoms with E-state index in [9.17, 15) is 43.6 Å². The number of phenols is 1. The highest BCUT2D eigenvalue weighted by Crippen LogP contribution is 2.53. The van der Waals surface area contributed by atoms with E-state index < -0.39 is 75.8 Å². The van der Waals surface area contributed by atoms with Crippen LogP contribution in [0.2, 0.25) is 0 Å². The Morgan fingerprint density at radius 3 is 2.31 bits per heavy atom. The van der Waals surface area contributed by atoms with Gasteiger partial charge < -0.3 is 26.2 Å². The summed E-state index contributed by atoms with van der Waals surface area (Å²) in [6.07, 6.45) is -0.463. The molecule has 2 aromatic rings. The summed E-state index contributed by atoms with van der Waals surface area (Å²) >= 11 is 0. The summed E-state index contributed by atoms with van der Waals surface area (Å²) in [7, 11) is 0. The molecule has 5 rings (SSSR count). The van der Waals surface area contributed by atoms with Crippen LogP contribution in [0.3, 0.4) is 0 Å². The van der Waals surface area contributed by atoms with Gasteiger partial charge in [-0.2, -0.15) is 0 Å². The molecule has 0 radical (unpaired) electrons. The molecule has 1 amide bonds. The minimum absolute atomic E-state index is 0.0241. The molecule has 3 aliphatic carbocycles. The summed E-state index contributed by atoms with van der Waals surface area (Å²) < 4.78 is 27.8. The maximum Gasteiger partial charge on any atom is 0.255 e. The first-order valence-electron chi connectivity index (χ1n) is 10.7. The predicted molar refractivity (Wildman–Crippen MR) is 117 cm³/mol. The predicted octanol–water partition coefficient (Wildman–Crippen LogP) is 2.37. The third-order valence-electron chi connectivity index (χ3n) is 7.12. The zero-order valence-electron chi connectivity index (χ0n) is 18.0. The minimum Gasteiger partial charge on any atom is -0.508 e. The van der Waals surface area contributed by atoms with Gasteiger partial charge >= 0.3 is 0 Å². The molecule has 180 valence electrons. The number of rotatable bonds is 2. The Morgan fingerprint density at radius 1 is 1.03 bits per heavy atom. The van der Waals surface area contributed by atoms with E-state index in [1.165, 1.54) is 12.1 Å². The number of halogens is 2. The molecule has 35 heavy (non-hydrogen) atoms. The zero-order chi connectivity index (χ0) is 25.4. The number of primary amides is 1. The lowest BCUT2D eigenvalue weighted by Crippen LogP contribution is -2.58. The van der Waals surface area contributed by atoms with Crippen LogP contribution in [0.15, 0.2) is 47.2 Å². The number of aliphatic hydroxyl groups excluding tert-OH is 2. The van der Waals surface area contributed by atoms with E-state index >= 15 is 0 Å². The Balaban J connectivity index is 1.72. The lowest BCUT2D eigenvalue weighted by molar-refractivity contribution is -0.147. The molecule has 3 atom stereocenters. The van der Waals surface area contributed by atoms with Crippen LogP contribution in [0.5, 0.6) is 5.75 Å². The smallest absolute Gasteiger partial charge is 0.255 e. The number of hydrogen-bond donors (Lipinski definition) is 5. The van der Waals surface area contributed by atoms with Gasteiger partial charge in [0.1, 0.15) is 34.5 Å². The van der Waals surface area contributed by atoms with Gasteiger partial charge in [0, 0.05) is 24.0 Å². The maximum atomic E-state index is 13.9. The summed E-state index contributed by atoms with van der Waals surface area (Å²) in [5.41, 5.74) is 1.97. The van der Waals surface area contributed by atoms with E-state index in [4.69, 9.17) is 5.73 Å². The number of aliphatic hydroxyl groups is 3. The van der Waals surface area contributed by atoms with Crippen LogP contribution in [0, 0.1) is 23.5 Å². The fourth-order valence-electron chi connectivity index (χ4n) is 5.60. The Hall–Kier alpha value is -4.05. The van der Waals surface area contributed by atoms with Crippen LogP contribution in [0.1, 0.15) is 24.0 Å². The van der Waals surface area contributed by atoms with Crippen molar-refractivity contribution in [2.75, 3.05) is 0 Å². The van der Waals surface area contributed by atoms with Crippen molar-refractivity contribution in [3.63, 3.8) is 0 Å². The van der Waals surface area contributed by atoms with Crippen molar-refractivity contribution in [3.8, 4) is 16.9 Å². The van der Waals surface area contributed by atoms with Crippen molar-refractivity contribution < 1.29 is 43.6 Å². The van der Waals surface area contributed by atoms with Gasteiger partial charge in [0.05, 0.1) is 5.56 Å². The van der Waals surface area contributed by atoms with E-state index in [1.54, 1.807) is 0 Å². The van der Waals surface area contributed by atoms with E-state index in [-0.39, 0.29) is 29.5 Å². The normalized spacial score (nSPS) is 25.8. The van der Waals surface area contributed by atoms with Crippen molar-refractivity contribution in [2.24, 2.45) is 17.6 Å². The maximum absolute atomic E-state index is 13.9. The number of ketones is 2. The number of fused-ring (bicyclic) bond motifs is 3. The van der Waals surface area contributed by atoms with Crippen LogP contribution in [-0.4, -0.2) is 43.5 Å². The lowest BCUT2D eigenvalue weighted by atomic mass is 9.59. The molecule has 0 saturated heterocycles. The topological polar surface area (TPSA) is 158 Å². The Morgan fingerprint density at radius 2 is 1.69 bits per heavy atom. The molecular formula is C25H19F2NO7. The van der Waals surface area contributed by atoms with Crippen LogP contribution >= 0.6 is 0 Å². The molecule has 0 heterocycles. The molecule has 0 aromatic heterocycles. The summed E-state index contributed by atoms with van der Waals surface area (Å²) in [6, 6.07) is 5.50. The van der Waals surface area contributed by atoms with E-state index in [1.807, 2.05) is 0 Å². The third kappa shape index (κ3) is 3.09. The highest BCUT2D eigenvalue weighted by Gasteiger charge is 2.60. The van der Waals surface area contributed by atoms with Crippen molar-refractivity contribution in [1.82, 2.24) is 0 Å². The second-order valence-corrected chi connectivity index (χ2v) is 9.05. The van der Waals surface area contributed by atoms with Crippen molar-refractivity contribution in [3.05, 3.63) is 70.0 Å². The summed E-state index contributed by atoms with van der Waals surface area (Å²) in [4.78, 5) is 37.6. The number of benzene rings is 2. The van der Waals surface area contributed by atoms with Gasteiger partial charge in [-0.05, 0) is 53.6 Å². The van der Waals surface area contributed by atoms with E-state index in [0.29, 0.717) is 17.2 Å². The molecule has 0 unspecified atom stereocenters. The van der Waals surface area contributed by atoms with Gasteiger partial charge in [-0.25, -0.2) is 8.78 Å². The number of Topliss-reactive ketones (excluding diaryl/α,β-unsaturated/α-hetero) is 2. The van der Waals surface area contributed by atoms with Gasteiger partial charge in [0.25, 0.3) is 5.91 Å². The summed E-state index contributed by atoms with van der Waals surface area (Å²) in [5.74, 6) is -9.01. The summed E-state index contributed by atoms with van der Waals surface area (Å²) in [5, 5.41) is 43.4. The first-order valence-corrected chi connectivity index (χ1v) is 10.7. The lowest BCUT2D eigenvalue weighted by Gasteiger charge is -2.46. The van der Waals surface area contributed by atoms with E-state index in [2.05, 4.69) is 0 Å². The fourth-order valence-corrected chi connectivity index (χ4v) is 5.60. The molecule has 0 bridgehead atoms. The minimum atomic E-state index is -2.66. The molecule has 3 aliphatic rings. The molecule has 8 nitrogen and oxygen atoms in total. The van der Waals surface area contributed by atoms with Gasteiger partial charge in [-0.15, -0.1) is 0 Å². The SMILES string of the molecule is NC(=O)C1=C(O)[C@@]2(O)C(=O)C3=C(O)c4c(O)ccc(-c5cc(F)cc(F)c5)c4C[C@H]3C[C@H]2CC1=O. The zero-order valence-corrected chi connectivity index (χ0v) is 18.0. The first kappa shape index (κ1) is 22.7. The quantitative estimate of drug-likeness (QED) is 0.410. The average Bonchev–Trinajstić information content (AvgIpc) is 2.75. The highest BCUT2D eigenvalue weighted by atomic mass is 19.1. The number of nitrogens with two attached hydrogens (primary N) is 1. The molecule has 10 heteroatoms. The Bertz CT molecular complexity index is 1410. The van der Waals surface area contributed by atoms with Crippen LogP contribution in [-0.2, 0) is 20.8 Å². The van der Waals surface area contributed by atoms with Crippen LogP contribution < -0.4 is 5.73 Å². The van der Waals surface area contributed by atoms with Crippen molar-refractivity contribution in [2.45, 2.75) is 24.9 Å². The molecule has 6 N–H and O–H groups in total. The fraction of sp³-hybridized carbons (Fsp3) is 0.240. The molecule has 1 saturated carbocycles. The van der Waals surface area contributed by atoms with Crippen molar-refractivity contribution in [1.29, 1.82) is 0 Å². The Kier molecular flexibility index (Phi) is 4.85. The van der Waals surface area contributed by atoms with Crippen LogP contribution in [0.25, 0.3) is 16.9 Å². The van der Waals surface area contributed by atoms with Gasteiger partial charge in [0.15, 0.2) is 11.4 Å². The molecule has 1 fully saturated rings. The largest absolute Gasteiger partial charge is 0.508 e.